The molecule has 0 aromatic rings. The topological polar surface area (TPSA) is 26.3 Å². The van der Waals surface area contributed by atoms with Gasteiger partial charge in [0.15, 0.2) is 0 Å². The van der Waals surface area contributed by atoms with Gasteiger partial charge < -0.3 is 4.74 Å². The summed E-state index contributed by atoms with van der Waals surface area (Å²) in [4.78, 5) is 12.2. The SMILES string of the molecule is CCOC(=O)C(C(F)F)C(C1CCCCC1)C1CCCCC1. The Morgan fingerprint density at radius 1 is 0.955 bits per heavy atom. The van der Waals surface area contributed by atoms with E-state index in [4.69, 9.17) is 4.74 Å². The Balaban J connectivity index is 2.20. The van der Waals surface area contributed by atoms with Crippen LogP contribution in [0.5, 0.6) is 0 Å². The van der Waals surface area contributed by atoms with Gasteiger partial charge >= 0.3 is 5.97 Å². The van der Waals surface area contributed by atoms with E-state index in [0.717, 1.165) is 51.4 Å². The molecule has 0 spiro atoms. The molecule has 128 valence electrons. The summed E-state index contributed by atoms with van der Waals surface area (Å²) in [7, 11) is 0. The summed E-state index contributed by atoms with van der Waals surface area (Å²) < 4.78 is 32.5. The summed E-state index contributed by atoms with van der Waals surface area (Å²) in [6.45, 7) is 1.88. The highest BCUT2D eigenvalue weighted by Crippen LogP contribution is 2.45. The largest absolute Gasteiger partial charge is 0.466 e. The third-order valence-electron chi connectivity index (χ3n) is 5.63. The fraction of sp³-hybridized carbons (Fsp3) is 0.944. The van der Waals surface area contributed by atoms with E-state index < -0.39 is 18.3 Å². The molecule has 0 heterocycles. The van der Waals surface area contributed by atoms with Gasteiger partial charge in [-0.2, -0.15) is 0 Å². The molecule has 4 heteroatoms. The molecule has 2 fully saturated rings. The van der Waals surface area contributed by atoms with Gasteiger partial charge in [0.05, 0.1) is 6.61 Å². The summed E-state index contributed by atoms with van der Waals surface area (Å²) in [5.74, 6) is -1.51. The summed E-state index contributed by atoms with van der Waals surface area (Å²) >= 11 is 0. The summed E-state index contributed by atoms with van der Waals surface area (Å²) in [5, 5.41) is 0. The van der Waals surface area contributed by atoms with E-state index in [1.54, 1.807) is 6.92 Å². The summed E-state index contributed by atoms with van der Waals surface area (Å²) in [5.41, 5.74) is 0. The van der Waals surface area contributed by atoms with Crippen molar-refractivity contribution in [2.45, 2.75) is 77.6 Å². The zero-order chi connectivity index (χ0) is 15.9. The fourth-order valence-electron chi connectivity index (χ4n) is 4.68. The molecule has 1 unspecified atom stereocenters. The van der Waals surface area contributed by atoms with Crippen molar-refractivity contribution in [2.75, 3.05) is 6.61 Å². The van der Waals surface area contributed by atoms with Crippen LogP contribution in [0.2, 0.25) is 0 Å². The van der Waals surface area contributed by atoms with Crippen LogP contribution in [0, 0.1) is 23.7 Å². The Hall–Kier alpha value is -0.670. The molecule has 1 atom stereocenters. The zero-order valence-electron chi connectivity index (χ0n) is 13.7. The van der Waals surface area contributed by atoms with Crippen LogP contribution in [-0.4, -0.2) is 19.0 Å². The van der Waals surface area contributed by atoms with Crippen LogP contribution in [0.3, 0.4) is 0 Å². The smallest absolute Gasteiger partial charge is 0.315 e. The third kappa shape index (κ3) is 4.42. The van der Waals surface area contributed by atoms with Crippen molar-refractivity contribution in [1.29, 1.82) is 0 Å². The Morgan fingerprint density at radius 2 is 1.41 bits per heavy atom. The molecule has 2 aliphatic carbocycles. The van der Waals surface area contributed by atoms with E-state index in [1.807, 2.05) is 0 Å². The first-order valence-corrected chi connectivity index (χ1v) is 9.10. The van der Waals surface area contributed by atoms with E-state index in [-0.39, 0.29) is 24.4 Å². The molecule has 0 aromatic heterocycles. The van der Waals surface area contributed by atoms with E-state index in [1.165, 1.54) is 12.8 Å². The highest BCUT2D eigenvalue weighted by atomic mass is 19.3. The maximum absolute atomic E-state index is 13.7. The molecule has 0 bridgehead atoms. The van der Waals surface area contributed by atoms with Crippen molar-refractivity contribution in [3.05, 3.63) is 0 Å². The molecule has 0 radical (unpaired) electrons. The quantitative estimate of drug-likeness (QED) is 0.629. The van der Waals surface area contributed by atoms with Gasteiger partial charge in [0.2, 0.25) is 0 Å². The number of carbonyl (C=O) groups excluding carboxylic acids is 1. The van der Waals surface area contributed by atoms with Crippen molar-refractivity contribution in [3.63, 3.8) is 0 Å². The van der Waals surface area contributed by atoms with E-state index in [9.17, 15) is 13.6 Å². The van der Waals surface area contributed by atoms with Crippen LogP contribution in [-0.2, 0) is 9.53 Å². The standard InChI is InChI=1S/C18H30F2O2/c1-2-22-18(21)16(17(19)20)15(13-9-5-3-6-10-13)14-11-7-4-8-12-14/h13-17H,2-12H2,1H3. The maximum atomic E-state index is 13.7. The van der Waals surface area contributed by atoms with Crippen LogP contribution < -0.4 is 0 Å². The van der Waals surface area contributed by atoms with Crippen molar-refractivity contribution in [1.82, 2.24) is 0 Å². The lowest BCUT2D eigenvalue weighted by Gasteiger charge is -2.41. The number of hydrogen-bond acceptors (Lipinski definition) is 2. The average molecular weight is 316 g/mol. The first-order valence-electron chi connectivity index (χ1n) is 9.10. The molecule has 2 aliphatic rings. The molecule has 0 saturated heterocycles. The average Bonchev–Trinajstić information content (AvgIpc) is 2.54. The predicted molar refractivity (Wildman–Crippen MR) is 82.8 cm³/mol. The second-order valence-electron chi connectivity index (χ2n) is 6.99. The van der Waals surface area contributed by atoms with E-state index >= 15 is 0 Å². The lowest BCUT2D eigenvalue weighted by atomic mass is 9.64. The number of hydrogen-bond donors (Lipinski definition) is 0. The maximum Gasteiger partial charge on any atom is 0.315 e. The predicted octanol–water partition coefficient (Wildman–Crippen LogP) is 5.21. The van der Waals surface area contributed by atoms with Gasteiger partial charge in [0.25, 0.3) is 6.43 Å². The molecule has 2 rings (SSSR count). The van der Waals surface area contributed by atoms with Crippen molar-refractivity contribution >= 4 is 5.97 Å². The lowest BCUT2D eigenvalue weighted by Crippen LogP contribution is -2.41. The number of alkyl halides is 2. The van der Waals surface area contributed by atoms with Gasteiger partial charge in [-0.05, 0) is 24.7 Å². The number of ether oxygens (including phenoxy) is 1. The molecule has 0 aliphatic heterocycles. The highest BCUT2D eigenvalue weighted by Gasteiger charge is 2.45. The summed E-state index contributed by atoms with van der Waals surface area (Å²) in [6, 6.07) is 0. The van der Waals surface area contributed by atoms with Gasteiger partial charge in [-0.15, -0.1) is 0 Å². The second kappa shape index (κ2) is 8.83. The van der Waals surface area contributed by atoms with Gasteiger partial charge in [0.1, 0.15) is 5.92 Å². The molecule has 2 nitrogen and oxygen atoms in total. The van der Waals surface area contributed by atoms with E-state index in [0.29, 0.717) is 0 Å². The first-order chi connectivity index (χ1) is 10.6. The van der Waals surface area contributed by atoms with Crippen molar-refractivity contribution < 1.29 is 18.3 Å². The van der Waals surface area contributed by atoms with Gasteiger partial charge in [-0.1, -0.05) is 64.2 Å². The fourth-order valence-corrected chi connectivity index (χ4v) is 4.68. The molecular weight excluding hydrogens is 286 g/mol. The van der Waals surface area contributed by atoms with Crippen LogP contribution in [0.4, 0.5) is 8.78 Å². The summed E-state index contributed by atoms with van der Waals surface area (Å²) in [6.07, 6.45) is 8.28. The number of carbonyl (C=O) groups is 1. The Bertz CT molecular complexity index is 316. The van der Waals surface area contributed by atoms with Gasteiger partial charge in [-0.3, -0.25) is 4.79 Å². The molecule has 0 aromatic carbocycles. The van der Waals surface area contributed by atoms with Crippen molar-refractivity contribution in [3.8, 4) is 0 Å². The molecule has 0 N–H and O–H groups in total. The van der Waals surface area contributed by atoms with Crippen molar-refractivity contribution in [2.24, 2.45) is 23.7 Å². The molecule has 22 heavy (non-hydrogen) atoms. The number of esters is 1. The lowest BCUT2D eigenvalue weighted by molar-refractivity contribution is -0.160. The van der Waals surface area contributed by atoms with Crippen LogP contribution >= 0.6 is 0 Å². The minimum atomic E-state index is -2.60. The Morgan fingerprint density at radius 3 is 1.77 bits per heavy atom. The van der Waals surface area contributed by atoms with Crippen LogP contribution in [0.15, 0.2) is 0 Å². The molecule has 0 amide bonds. The minimum absolute atomic E-state index is 0.181. The zero-order valence-corrected chi connectivity index (χ0v) is 13.7. The Kier molecular flexibility index (Phi) is 7.10. The monoisotopic (exact) mass is 316 g/mol. The normalized spacial score (nSPS) is 23.0. The van der Waals surface area contributed by atoms with E-state index in [2.05, 4.69) is 0 Å². The first kappa shape index (κ1) is 17.7. The molecular formula is C18H30F2O2. The number of rotatable bonds is 6. The third-order valence-corrected chi connectivity index (χ3v) is 5.63. The second-order valence-corrected chi connectivity index (χ2v) is 6.99. The Labute approximate surface area is 133 Å². The minimum Gasteiger partial charge on any atom is -0.466 e. The van der Waals surface area contributed by atoms with Crippen LogP contribution in [0.25, 0.3) is 0 Å². The highest BCUT2D eigenvalue weighted by molar-refractivity contribution is 5.73. The van der Waals surface area contributed by atoms with Crippen LogP contribution in [0.1, 0.15) is 71.1 Å². The molecule has 2 saturated carbocycles. The van der Waals surface area contributed by atoms with Gasteiger partial charge in [-0.25, -0.2) is 8.78 Å². The number of halogens is 2. The van der Waals surface area contributed by atoms with Gasteiger partial charge in [0, 0.05) is 0 Å².